The largest absolute Gasteiger partial charge is 0.493 e. The van der Waals surface area contributed by atoms with E-state index in [1.807, 2.05) is 12.1 Å². The molecule has 1 aromatic rings. The van der Waals surface area contributed by atoms with Gasteiger partial charge in [0.15, 0.2) is 6.61 Å². The molecule has 0 unspecified atom stereocenters. The van der Waals surface area contributed by atoms with Crippen LogP contribution >= 0.6 is 0 Å². The molecule has 0 bridgehead atoms. The maximum atomic E-state index is 11.8. The van der Waals surface area contributed by atoms with Crippen LogP contribution in [0.3, 0.4) is 0 Å². The fourth-order valence-corrected chi connectivity index (χ4v) is 1.62. The summed E-state index contributed by atoms with van der Waals surface area (Å²) in [6, 6.07) is 5.53. The molecule has 6 heteroatoms. The van der Waals surface area contributed by atoms with Gasteiger partial charge in [0.05, 0.1) is 6.61 Å². The van der Waals surface area contributed by atoms with Crippen LogP contribution in [0, 0.1) is 0 Å². The summed E-state index contributed by atoms with van der Waals surface area (Å²) >= 11 is 0. The van der Waals surface area contributed by atoms with Crippen LogP contribution in [0.4, 0.5) is 13.2 Å². The predicted molar refractivity (Wildman–Crippen MR) is 54.5 cm³/mol. The molecule has 1 heterocycles. The Balaban J connectivity index is 1.80. The molecule has 2 rings (SSSR count). The molecule has 3 nitrogen and oxygen atoms in total. The number of nitrogens with one attached hydrogen (secondary N) is 1. The molecule has 0 spiro atoms. The van der Waals surface area contributed by atoms with E-state index in [1.54, 1.807) is 6.07 Å². The van der Waals surface area contributed by atoms with Gasteiger partial charge in [-0.15, -0.1) is 0 Å². The van der Waals surface area contributed by atoms with Gasteiger partial charge >= 0.3 is 6.18 Å². The first-order valence-electron chi connectivity index (χ1n) is 5.20. The molecule has 0 amide bonds. The molecule has 1 aliphatic rings. The van der Waals surface area contributed by atoms with E-state index in [-0.39, 0.29) is 6.54 Å². The van der Waals surface area contributed by atoms with Crippen molar-refractivity contribution < 1.29 is 22.7 Å². The molecule has 1 aliphatic heterocycles. The van der Waals surface area contributed by atoms with Crippen molar-refractivity contribution in [1.29, 1.82) is 0 Å². The van der Waals surface area contributed by atoms with Crippen LogP contribution in [-0.2, 0) is 17.8 Å². The second kappa shape index (κ2) is 4.93. The fourth-order valence-electron chi connectivity index (χ4n) is 1.62. The molecule has 0 aromatic heterocycles. The lowest BCUT2D eigenvalue weighted by Gasteiger charge is -2.09. The van der Waals surface area contributed by atoms with Crippen molar-refractivity contribution in [3.8, 4) is 5.75 Å². The Morgan fingerprint density at radius 2 is 2.18 bits per heavy atom. The number of hydroxylamine groups is 1. The summed E-state index contributed by atoms with van der Waals surface area (Å²) in [6.07, 6.45) is -3.47. The minimum Gasteiger partial charge on any atom is -0.493 e. The van der Waals surface area contributed by atoms with E-state index in [9.17, 15) is 13.2 Å². The highest BCUT2D eigenvalue weighted by Crippen LogP contribution is 2.25. The number of hydrogen-bond acceptors (Lipinski definition) is 3. The highest BCUT2D eigenvalue weighted by Gasteiger charge is 2.27. The first-order valence-corrected chi connectivity index (χ1v) is 5.20. The van der Waals surface area contributed by atoms with Gasteiger partial charge in [0.1, 0.15) is 5.75 Å². The quantitative estimate of drug-likeness (QED) is 0.653. The van der Waals surface area contributed by atoms with E-state index >= 15 is 0 Å². The molecule has 94 valence electrons. The Morgan fingerprint density at radius 3 is 2.94 bits per heavy atom. The topological polar surface area (TPSA) is 30.5 Å². The predicted octanol–water partition coefficient (Wildman–Crippen LogP) is 2.20. The number of hydrogen-bond donors (Lipinski definition) is 1. The summed E-state index contributed by atoms with van der Waals surface area (Å²) in [5.74, 6) is 0.852. The van der Waals surface area contributed by atoms with Gasteiger partial charge < -0.3 is 4.74 Å². The Hall–Kier alpha value is -1.27. The lowest BCUT2D eigenvalue weighted by molar-refractivity contribution is -0.190. The highest BCUT2D eigenvalue weighted by atomic mass is 19.4. The van der Waals surface area contributed by atoms with Crippen molar-refractivity contribution in [3.05, 3.63) is 29.3 Å². The van der Waals surface area contributed by atoms with Crippen LogP contribution in [-0.4, -0.2) is 19.4 Å². The SMILES string of the molecule is FC(F)(F)CONCc1ccc2c(c1)CCO2. The van der Waals surface area contributed by atoms with Gasteiger partial charge in [0.25, 0.3) is 0 Å². The molecule has 1 N–H and O–H groups in total. The van der Waals surface area contributed by atoms with Crippen molar-refractivity contribution in [2.24, 2.45) is 0 Å². The first-order chi connectivity index (χ1) is 8.04. The normalized spacial score (nSPS) is 14.5. The van der Waals surface area contributed by atoms with Crippen molar-refractivity contribution in [2.75, 3.05) is 13.2 Å². The minimum atomic E-state index is -4.31. The van der Waals surface area contributed by atoms with Crippen molar-refractivity contribution in [3.63, 3.8) is 0 Å². The van der Waals surface area contributed by atoms with E-state index in [4.69, 9.17) is 4.74 Å². The maximum absolute atomic E-state index is 11.8. The summed E-state index contributed by atoms with van der Waals surface area (Å²) < 4.78 is 40.7. The van der Waals surface area contributed by atoms with Crippen molar-refractivity contribution in [1.82, 2.24) is 5.48 Å². The number of halogens is 3. The minimum absolute atomic E-state index is 0.239. The second-order valence-electron chi connectivity index (χ2n) is 3.77. The third-order valence-corrected chi connectivity index (χ3v) is 2.37. The van der Waals surface area contributed by atoms with Gasteiger partial charge in [-0.2, -0.15) is 18.7 Å². The van der Waals surface area contributed by atoms with Gasteiger partial charge in [0.2, 0.25) is 0 Å². The van der Waals surface area contributed by atoms with Crippen LogP contribution in [0.1, 0.15) is 11.1 Å². The summed E-state index contributed by atoms with van der Waals surface area (Å²) in [7, 11) is 0. The molecular formula is C11H12F3NO2. The maximum Gasteiger partial charge on any atom is 0.413 e. The zero-order valence-corrected chi connectivity index (χ0v) is 9.01. The molecule has 0 fully saturated rings. The van der Waals surface area contributed by atoms with E-state index in [1.165, 1.54) is 0 Å². The summed E-state index contributed by atoms with van der Waals surface area (Å²) in [5.41, 5.74) is 4.24. The van der Waals surface area contributed by atoms with Crippen molar-refractivity contribution >= 4 is 0 Å². The molecule has 0 aliphatic carbocycles. The molecule has 17 heavy (non-hydrogen) atoms. The molecule has 0 saturated heterocycles. The van der Waals surface area contributed by atoms with E-state index in [2.05, 4.69) is 10.3 Å². The third kappa shape index (κ3) is 3.61. The average molecular weight is 247 g/mol. The molecule has 0 radical (unpaired) electrons. The number of alkyl halides is 3. The van der Waals surface area contributed by atoms with Crippen LogP contribution in [0.15, 0.2) is 18.2 Å². The average Bonchev–Trinajstić information content (AvgIpc) is 2.70. The van der Waals surface area contributed by atoms with Crippen LogP contribution < -0.4 is 10.2 Å². The summed E-state index contributed by atoms with van der Waals surface area (Å²) in [4.78, 5) is 4.32. The van der Waals surface area contributed by atoms with Gasteiger partial charge in [-0.25, -0.2) is 0 Å². The Bertz CT molecular complexity index is 393. The van der Waals surface area contributed by atoms with Crippen LogP contribution in [0.5, 0.6) is 5.75 Å². The Labute approximate surface area is 96.5 Å². The second-order valence-corrected chi connectivity index (χ2v) is 3.77. The monoisotopic (exact) mass is 247 g/mol. The Morgan fingerprint density at radius 1 is 1.35 bits per heavy atom. The van der Waals surface area contributed by atoms with Gasteiger partial charge in [0, 0.05) is 13.0 Å². The molecule has 0 atom stereocenters. The number of fused-ring (bicyclic) bond motifs is 1. The van der Waals surface area contributed by atoms with E-state index in [0.717, 1.165) is 23.3 Å². The van der Waals surface area contributed by atoms with Crippen molar-refractivity contribution in [2.45, 2.75) is 19.1 Å². The van der Waals surface area contributed by atoms with E-state index in [0.29, 0.717) is 6.61 Å². The number of rotatable bonds is 4. The van der Waals surface area contributed by atoms with E-state index < -0.39 is 12.8 Å². The lowest BCUT2D eigenvalue weighted by Crippen LogP contribution is -2.24. The number of ether oxygens (including phenoxy) is 1. The molecule has 1 aromatic carbocycles. The Kier molecular flexibility index (Phi) is 3.54. The van der Waals surface area contributed by atoms with Gasteiger partial charge in [-0.05, 0) is 17.2 Å². The van der Waals surface area contributed by atoms with Gasteiger partial charge in [-0.1, -0.05) is 12.1 Å². The molecule has 0 saturated carbocycles. The van der Waals surface area contributed by atoms with Crippen LogP contribution in [0.25, 0.3) is 0 Å². The fraction of sp³-hybridized carbons (Fsp3) is 0.455. The first kappa shape index (κ1) is 12.2. The lowest BCUT2D eigenvalue weighted by atomic mass is 10.1. The summed E-state index contributed by atoms with van der Waals surface area (Å²) in [6.45, 7) is -0.388. The van der Waals surface area contributed by atoms with Gasteiger partial charge in [-0.3, -0.25) is 4.84 Å². The standard InChI is InChI=1S/C11H12F3NO2/c12-11(13,14)7-17-15-6-8-1-2-10-9(5-8)3-4-16-10/h1-2,5,15H,3-4,6-7H2. The highest BCUT2D eigenvalue weighted by molar-refractivity contribution is 5.39. The number of benzene rings is 1. The molecular weight excluding hydrogens is 235 g/mol. The third-order valence-electron chi connectivity index (χ3n) is 2.37. The summed E-state index contributed by atoms with van der Waals surface area (Å²) in [5, 5.41) is 0. The zero-order valence-electron chi connectivity index (χ0n) is 9.01. The van der Waals surface area contributed by atoms with Crippen LogP contribution in [0.2, 0.25) is 0 Å². The smallest absolute Gasteiger partial charge is 0.413 e. The zero-order chi connectivity index (χ0) is 12.3.